The molecule has 94 valence electrons. The number of nitrogens with zero attached hydrogens (tertiary/aromatic N) is 1. The van der Waals surface area contributed by atoms with Gasteiger partial charge in [-0.2, -0.15) is 0 Å². The fraction of sp³-hybridized carbons (Fsp3) is 0.385. The summed E-state index contributed by atoms with van der Waals surface area (Å²) in [6.07, 6.45) is 0.307. The number of aliphatic hydroxyl groups excluding tert-OH is 1. The average molecular weight is 263 g/mol. The summed E-state index contributed by atoms with van der Waals surface area (Å²) in [4.78, 5) is 26.4. The van der Waals surface area contributed by atoms with Crippen LogP contribution in [-0.4, -0.2) is 28.4 Å². The van der Waals surface area contributed by atoms with Gasteiger partial charge in [0, 0.05) is 17.2 Å². The summed E-state index contributed by atoms with van der Waals surface area (Å²) in [5.74, 6) is 4.95. The van der Waals surface area contributed by atoms with Crippen molar-refractivity contribution in [2.75, 3.05) is 6.61 Å². The molecule has 1 aromatic heterocycles. The first-order chi connectivity index (χ1) is 8.61. The summed E-state index contributed by atoms with van der Waals surface area (Å²) in [5.41, 5.74) is 0. The summed E-state index contributed by atoms with van der Waals surface area (Å²) in [6, 6.07) is 3.69. The van der Waals surface area contributed by atoms with Crippen molar-refractivity contribution in [1.29, 1.82) is 0 Å². The van der Waals surface area contributed by atoms with Crippen molar-refractivity contribution in [2.24, 2.45) is 5.92 Å². The lowest BCUT2D eigenvalue weighted by molar-refractivity contribution is -0.139. The van der Waals surface area contributed by atoms with Gasteiger partial charge in [0.1, 0.15) is 6.61 Å². The zero-order valence-electron chi connectivity index (χ0n) is 9.97. The lowest BCUT2D eigenvalue weighted by Crippen LogP contribution is -2.29. The largest absolute Gasteiger partial charge is 0.384 e. The van der Waals surface area contributed by atoms with Crippen LogP contribution in [0.25, 0.3) is 0 Å². The highest BCUT2D eigenvalue weighted by atomic mass is 32.1. The Hall–Kier alpha value is -1.64. The van der Waals surface area contributed by atoms with E-state index in [1.54, 1.807) is 6.92 Å². The number of amides is 2. The normalized spacial score (nSPS) is 19.0. The van der Waals surface area contributed by atoms with Crippen molar-refractivity contribution in [1.82, 2.24) is 4.90 Å². The molecule has 1 atom stereocenters. The molecule has 0 saturated carbocycles. The van der Waals surface area contributed by atoms with Gasteiger partial charge in [-0.15, -0.1) is 11.3 Å². The molecule has 5 heteroatoms. The second-order valence-electron chi connectivity index (χ2n) is 4.15. The minimum Gasteiger partial charge on any atom is -0.384 e. The van der Waals surface area contributed by atoms with Gasteiger partial charge in [0.15, 0.2) is 0 Å². The van der Waals surface area contributed by atoms with Crippen LogP contribution in [0.3, 0.4) is 0 Å². The van der Waals surface area contributed by atoms with Crippen LogP contribution in [0.4, 0.5) is 0 Å². The van der Waals surface area contributed by atoms with Crippen LogP contribution in [0, 0.1) is 17.8 Å². The lowest BCUT2D eigenvalue weighted by atomic mass is 10.1. The highest BCUT2D eigenvalue weighted by Gasteiger charge is 2.35. The third-order valence-electron chi connectivity index (χ3n) is 2.74. The van der Waals surface area contributed by atoms with E-state index in [9.17, 15) is 9.59 Å². The number of rotatable bonds is 2. The van der Waals surface area contributed by atoms with Gasteiger partial charge in [0.25, 0.3) is 0 Å². The number of carbonyl (C=O) groups is 2. The van der Waals surface area contributed by atoms with Crippen LogP contribution >= 0.6 is 11.3 Å². The first-order valence-electron chi connectivity index (χ1n) is 5.64. The van der Waals surface area contributed by atoms with Crippen molar-refractivity contribution in [3.05, 3.63) is 21.9 Å². The topological polar surface area (TPSA) is 57.6 Å². The van der Waals surface area contributed by atoms with E-state index in [-0.39, 0.29) is 24.3 Å². The van der Waals surface area contributed by atoms with E-state index >= 15 is 0 Å². The minimum atomic E-state index is -0.203. The maximum atomic E-state index is 11.7. The smallest absolute Gasteiger partial charge is 0.232 e. The van der Waals surface area contributed by atoms with Crippen LogP contribution in [-0.2, 0) is 16.1 Å². The van der Waals surface area contributed by atoms with E-state index in [0.717, 1.165) is 9.75 Å². The molecule has 0 radical (unpaired) electrons. The molecule has 1 aromatic rings. The van der Waals surface area contributed by atoms with Crippen molar-refractivity contribution >= 4 is 23.2 Å². The van der Waals surface area contributed by atoms with Crippen LogP contribution < -0.4 is 0 Å². The van der Waals surface area contributed by atoms with Gasteiger partial charge >= 0.3 is 0 Å². The van der Waals surface area contributed by atoms with Crippen molar-refractivity contribution < 1.29 is 14.7 Å². The molecule has 0 aliphatic carbocycles. The Labute approximate surface area is 109 Å². The molecule has 1 N–H and O–H groups in total. The molecule has 0 bridgehead atoms. The van der Waals surface area contributed by atoms with E-state index in [1.807, 2.05) is 12.1 Å². The first kappa shape index (κ1) is 12.8. The lowest BCUT2D eigenvalue weighted by Gasteiger charge is -2.12. The molecular formula is C13H13NO3S. The first-order valence-corrected chi connectivity index (χ1v) is 6.46. The summed E-state index contributed by atoms with van der Waals surface area (Å²) in [5, 5.41) is 8.60. The molecule has 1 aliphatic rings. The van der Waals surface area contributed by atoms with Crippen LogP contribution in [0.2, 0.25) is 0 Å². The van der Waals surface area contributed by atoms with Crippen molar-refractivity contribution in [3.63, 3.8) is 0 Å². The molecule has 1 unspecified atom stereocenters. The van der Waals surface area contributed by atoms with Crippen LogP contribution in [0.1, 0.15) is 23.1 Å². The van der Waals surface area contributed by atoms with Crippen molar-refractivity contribution in [3.8, 4) is 11.8 Å². The summed E-state index contributed by atoms with van der Waals surface area (Å²) >= 11 is 1.43. The van der Waals surface area contributed by atoms with Gasteiger partial charge in [-0.1, -0.05) is 18.8 Å². The Morgan fingerprint density at radius 1 is 1.50 bits per heavy atom. The fourth-order valence-corrected chi connectivity index (χ4v) is 2.70. The van der Waals surface area contributed by atoms with E-state index < -0.39 is 0 Å². The van der Waals surface area contributed by atoms with E-state index in [0.29, 0.717) is 13.0 Å². The predicted molar refractivity (Wildman–Crippen MR) is 67.6 cm³/mol. The fourth-order valence-electron chi connectivity index (χ4n) is 1.83. The molecule has 4 nitrogen and oxygen atoms in total. The third-order valence-corrected chi connectivity index (χ3v) is 3.72. The SMILES string of the molecule is CC1CC(=O)N(Cc2ccc(C#CCO)s2)C1=O. The number of carbonyl (C=O) groups excluding carboxylic acids is 2. The molecule has 2 amide bonds. The zero-order valence-corrected chi connectivity index (χ0v) is 10.8. The molecule has 2 heterocycles. The Morgan fingerprint density at radius 2 is 2.28 bits per heavy atom. The van der Waals surface area contributed by atoms with Crippen LogP contribution in [0.5, 0.6) is 0 Å². The number of aliphatic hydroxyl groups is 1. The molecule has 1 fully saturated rings. The van der Waals surface area contributed by atoms with E-state index in [4.69, 9.17) is 5.11 Å². The highest BCUT2D eigenvalue weighted by Crippen LogP contribution is 2.24. The number of likely N-dealkylation sites (tertiary alicyclic amines) is 1. The maximum Gasteiger partial charge on any atom is 0.232 e. The predicted octanol–water partition coefficient (Wildman–Crippen LogP) is 0.987. The number of hydrogen-bond donors (Lipinski definition) is 1. The minimum absolute atomic E-state index is 0.101. The Kier molecular flexibility index (Phi) is 3.80. The maximum absolute atomic E-state index is 11.7. The zero-order chi connectivity index (χ0) is 13.1. The van der Waals surface area contributed by atoms with E-state index in [2.05, 4.69) is 11.8 Å². The number of thiophene rings is 1. The monoisotopic (exact) mass is 263 g/mol. The molecule has 2 rings (SSSR count). The molecule has 18 heavy (non-hydrogen) atoms. The van der Waals surface area contributed by atoms with Crippen LogP contribution in [0.15, 0.2) is 12.1 Å². The number of hydrogen-bond acceptors (Lipinski definition) is 4. The van der Waals surface area contributed by atoms with E-state index in [1.165, 1.54) is 16.2 Å². The Morgan fingerprint density at radius 3 is 2.89 bits per heavy atom. The Bertz CT molecular complexity index is 538. The summed E-state index contributed by atoms with van der Waals surface area (Å²) in [7, 11) is 0. The average Bonchev–Trinajstić information content (AvgIpc) is 2.88. The van der Waals surface area contributed by atoms with Gasteiger partial charge in [-0.05, 0) is 12.1 Å². The summed E-state index contributed by atoms with van der Waals surface area (Å²) in [6.45, 7) is 1.92. The molecule has 0 spiro atoms. The molecule has 1 saturated heterocycles. The van der Waals surface area contributed by atoms with Gasteiger partial charge in [0.05, 0.1) is 11.4 Å². The quantitative estimate of drug-likeness (QED) is 0.639. The second-order valence-corrected chi connectivity index (χ2v) is 5.32. The molecule has 0 aromatic carbocycles. The molecule has 1 aliphatic heterocycles. The molecular weight excluding hydrogens is 250 g/mol. The summed E-state index contributed by atoms with van der Waals surface area (Å²) < 4.78 is 0. The van der Waals surface area contributed by atoms with Gasteiger partial charge in [0.2, 0.25) is 11.8 Å². The van der Waals surface area contributed by atoms with Gasteiger partial charge in [-0.25, -0.2) is 0 Å². The standard InChI is InChI=1S/C13H13NO3S/c1-9-7-12(16)14(13(9)17)8-11-5-4-10(18-11)3-2-6-15/h4-5,9,15H,6-8H2,1H3. The second kappa shape index (κ2) is 5.34. The Balaban J connectivity index is 2.08. The van der Waals surface area contributed by atoms with Gasteiger partial charge in [-0.3, -0.25) is 14.5 Å². The highest BCUT2D eigenvalue weighted by molar-refractivity contribution is 7.12. The van der Waals surface area contributed by atoms with Crippen molar-refractivity contribution in [2.45, 2.75) is 19.9 Å². The number of imide groups is 1. The third kappa shape index (κ3) is 2.61. The van der Waals surface area contributed by atoms with Gasteiger partial charge < -0.3 is 5.11 Å².